The second-order valence-corrected chi connectivity index (χ2v) is 6.33. The summed E-state index contributed by atoms with van der Waals surface area (Å²) in [6.45, 7) is 2.30. The third-order valence-electron chi connectivity index (χ3n) is 3.82. The molecule has 2 aliphatic carbocycles. The molecule has 15 heavy (non-hydrogen) atoms. The molecule has 1 heterocycles. The highest BCUT2D eigenvalue weighted by atomic mass is 32.1. The van der Waals surface area contributed by atoms with Gasteiger partial charge in [0.05, 0.1) is 11.2 Å². The van der Waals surface area contributed by atoms with E-state index in [2.05, 4.69) is 6.92 Å². The molecule has 0 aliphatic heterocycles. The predicted molar refractivity (Wildman–Crippen MR) is 63.0 cm³/mol. The third kappa shape index (κ3) is 1.53. The van der Waals surface area contributed by atoms with Crippen molar-refractivity contribution in [2.45, 2.75) is 51.0 Å². The van der Waals surface area contributed by atoms with E-state index < -0.39 is 0 Å². The minimum absolute atomic E-state index is 0.0889. The van der Waals surface area contributed by atoms with Gasteiger partial charge >= 0.3 is 0 Å². The number of thiazole rings is 1. The monoisotopic (exact) mass is 222 g/mol. The van der Waals surface area contributed by atoms with Crippen molar-refractivity contribution in [3.05, 3.63) is 15.6 Å². The Morgan fingerprint density at radius 1 is 1.47 bits per heavy atom. The summed E-state index contributed by atoms with van der Waals surface area (Å²) in [4.78, 5) is 6.28. The van der Waals surface area contributed by atoms with Gasteiger partial charge in [-0.2, -0.15) is 0 Å². The number of hydrogen-bond donors (Lipinski definition) is 1. The van der Waals surface area contributed by atoms with Gasteiger partial charge in [-0.3, -0.25) is 0 Å². The number of rotatable bonds is 1. The van der Waals surface area contributed by atoms with Crippen LogP contribution in [-0.4, -0.2) is 4.98 Å². The average Bonchev–Trinajstić information content (AvgIpc) is 2.78. The molecule has 1 aromatic rings. The van der Waals surface area contributed by atoms with Gasteiger partial charge in [-0.15, -0.1) is 11.3 Å². The first-order valence-electron chi connectivity index (χ1n) is 5.95. The van der Waals surface area contributed by atoms with E-state index in [1.54, 1.807) is 0 Å². The Morgan fingerprint density at radius 2 is 2.33 bits per heavy atom. The second-order valence-electron chi connectivity index (χ2n) is 5.25. The molecule has 0 amide bonds. The summed E-state index contributed by atoms with van der Waals surface area (Å²) in [5.74, 6) is 0.772. The predicted octanol–water partition coefficient (Wildman–Crippen LogP) is 2.61. The smallest absolute Gasteiger partial charge is 0.113 e. The number of fused-ring (bicyclic) bond motifs is 1. The molecule has 2 aliphatic rings. The van der Waals surface area contributed by atoms with Crippen LogP contribution in [0.15, 0.2) is 0 Å². The number of nitrogens with zero attached hydrogens (tertiary/aromatic N) is 1. The molecule has 3 heteroatoms. The Balaban J connectivity index is 1.92. The first kappa shape index (κ1) is 9.79. The summed E-state index contributed by atoms with van der Waals surface area (Å²) in [7, 11) is 0. The fourth-order valence-electron chi connectivity index (χ4n) is 2.93. The first-order chi connectivity index (χ1) is 7.17. The Bertz CT molecular complexity index is 363. The lowest BCUT2D eigenvalue weighted by Gasteiger charge is -2.20. The maximum Gasteiger partial charge on any atom is 0.113 e. The van der Waals surface area contributed by atoms with Gasteiger partial charge in [-0.1, -0.05) is 6.92 Å². The SMILES string of the molecule is CC1CCC(N)(c2nc3c(s2)CCC3)C1. The molecule has 2 nitrogen and oxygen atoms in total. The highest BCUT2D eigenvalue weighted by molar-refractivity contribution is 7.12. The fourth-order valence-corrected chi connectivity index (χ4v) is 4.22. The molecule has 2 N–H and O–H groups in total. The van der Waals surface area contributed by atoms with Crippen molar-refractivity contribution in [2.75, 3.05) is 0 Å². The number of nitrogens with two attached hydrogens (primary N) is 1. The van der Waals surface area contributed by atoms with Crippen molar-refractivity contribution in [1.82, 2.24) is 4.98 Å². The lowest BCUT2D eigenvalue weighted by molar-refractivity contribution is 0.437. The van der Waals surface area contributed by atoms with Gasteiger partial charge in [0.15, 0.2) is 0 Å². The van der Waals surface area contributed by atoms with E-state index in [-0.39, 0.29) is 5.54 Å². The van der Waals surface area contributed by atoms with Crippen LogP contribution in [0.3, 0.4) is 0 Å². The van der Waals surface area contributed by atoms with Crippen LogP contribution in [0.25, 0.3) is 0 Å². The zero-order valence-corrected chi connectivity index (χ0v) is 10.1. The van der Waals surface area contributed by atoms with Crippen LogP contribution in [0.4, 0.5) is 0 Å². The molecule has 1 saturated carbocycles. The number of aryl methyl sites for hydroxylation is 2. The molecule has 82 valence electrons. The molecule has 0 aromatic carbocycles. The minimum Gasteiger partial charge on any atom is -0.319 e. The van der Waals surface area contributed by atoms with E-state index in [4.69, 9.17) is 10.7 Å². The zero-order chi connectivity index (χ0) is 10.5. The number of aromatic nitrogens is 1. The summed E-state index contributed by atoms with van der Waals surface area (Å²) in [6, 6.07) is 0. The van der Waals surface area contributed by atoms with Crippen molar-refractivity contribution >= 4 is 11.3 Å². The van der Waals surface area contributed by atoms with Crippen molar-refractivity contribution in [1.29, 1.82) is 0 Å². The van der Waals surface area contributed by atoms with E-state index in [1.807, 2.05) is 11.3 Å². The zero-order valence-electron chi connectivity index (χ0n) is 9.25. The quantitative estimate of drug-likeness (QED) is 0.793. The summed E-state index contributed by atoms with van der Waals surface area (Å²) >= 11 is 1.88. The highest BCUT2D eigenvalue weighted by Crippen LogP contribution is 2.43. The molecule has 0 spiro atoms. The van der Waals surface area contributed by atoms with Gasteiger partial charge in [-0.25, -0.2) is 4.98 Å². The summed E-state index contributed by atoms with van der Waals surface area (Å²) in [6.07, 6.45) is 7.22. The van der Waals surface area contributed by atoms with Gasteiger partial charge in [0.1, 0.15) is 5.01 Å². The number of hydrogen-bond acceptors (Lipinski definition) is 3. The van der Waals surface area contributed by atoms with Crippen LogP contribution < -0.4 is 5.73 Å². The topological polar surface area (TPSA) is 38.9 Å². The molecule has 3 rings (SSSR count). The van der Waals surface area contributed by atoms with E-state index in [0.29, 0.717) is 0 Å². The molecule has 2 unspecified atom stereocenters. The molecule has 0 saturated heterocycles. The molecule has 2 atom stereocenters. The van der Waals surface area contributed by atoms with Crippen molar-refractivity contribution in [3.63, 3.8) is 0 Å². The summed E-state index contributed by atoms with van der Waals surface area (Å²) in [5.41, 5.74) is 7.74. The lowest BCUT2D eigenvalue weighted by Crippen LogP contribution is -2.33. The van der Waals surface area contributed by atoms with Crippen LogP contribution in [0, 0.1) is 5.92 Å². The van der Waals surface area contributed by atoms with Gasteiger partial charge < -0.3 is 5.73 Å². The molecule has 0 bridgehead atoms. The van der Waals surface area contributed by atoms with Crippen LogP contribution >= 0.6 is 11.3 Å². The summed E-state index contributed by atoms with van der Waals surface area (Å²) < 4.78 is 0. The average molecular weight is 222 g/mol. The largest absolute Gasteiger partial charge is 0.319 e. The van der Waals surface area contributed by atoms with Crippen LogP contribution in [-0.2, 0) is 18.4 Å². The standard InChI is InChI=1S/C12H18N2S/c1-8-5-6-12(13,7-8)11-14-9-3-2-4-10(9)15-11/h8H,2-7,13H2,1H3. The molecular weight excluding hydrogens is 204 g/mol. The second kappa shape index (κ2) is 3.29. The van der Waals surface area contributed by atoms with Gasteiger partial charge in [0.2, 0.25) is 0 Å². The van der Waals surface area contributed by atoms with Gasteiger partial charge in [0.25, 0.3) is 0 Å². The molecular formula is C12H18N2S. The van der Waals surface area contributed by atoms with Gasteiger partial charge in [-0.05, 0) is 44.4 Å². The van der Waals surface area contributed by atoms with Crippen LogP contribution in [0.5, 0.6) is 0 Å². The third-order valence-corrected chi connectivity index (χ3v) is 5.19. The highest BCUT2D eigenvalue weighted by Gasteiger charge is 2.38. The Hall–Kier alpha value is -0.410. The maximum atomic E-state index is 6.48. The maximum absolute atomic E-state index is 6.48. The van der Waals surface area contributed by atoms with Gasteiger partial charge in [0, 0.05) is 4.88 Å². The minimum atomic E-state index is -0.0889. The Labute approximate surface area is 94.9 Å². The van der Waals surface area contributed by atoms with Crippen molar-refractivity contribution in [2.24, 2.45) is 11.7 Å². The molecule has 1 fully saturated rings. The van der Waals surface area contributed by atoms with Crippen LogP contribution in [0.2, 0.25) is 0 Å². The fraction of sp³-hybridized carbons (Fsp3) is 0.750. The summed E-state index contributed by atoms with van der Waals surface area (Å²) in [5, 5.41) is 1.22. The molecule has 0 radical (unpaired) electrons. The Morgan fingerprint density at radius 3 is 3.00 bits per heavy atom. The lowest BCUT2D eigenvalue weighted by atomic mass is 9.99. The van der Waals surface area contributed by atoms with E-state index in [0.717, 1.165) is 18.8 Å². The first-order valence-corrected chi connectivity index (χ1v) is 6.77. The van der Waals surface area contributed by atoms with Crippen LogP contribution in [0.1, 0.15) is 48.2 Å². The van der Waals surface area contributed by atoms with E-state index in [1.165, 1.54) is 41.3 Å². The normalized spacial score (nSPS) is 34.7. The van der Waals surface area contributed by atoms with Crippen molar-refractivity contribution < 1.29 is 0 Å². The Kier molecular flexibility index (Phi) is 2.15. The van der Waals surface area contributed by atoms with E-state index >= 15 is 0 Å². The van der Waals surface area contributed by atoms with Crippen molar-refractivity contribution in [3.8, 4) is 0 Å². The molecule has 1 aromatic heterocycles. The van der Waals surface area contributed by atoms with E-state index in [9.17, 15) is 0 Å².